The molecule has 1 aliphatic heterocycles. The van der Waals surface area contributed by atoms with Crippen molar-refractivity contribution < 1.29 is 14.3 Å². The number of carbonyl (C=O) groups excluding carboxylic acids is 2. The third-order valence-corrected chi connectivity index (χ3v) is 5.94. The Morgan fingerprint density at radius 1 is 1.35 bits per heavy atom. The van der Waals surface area contributed by atoms with Gasteiger partial charge < -0.3 is 15.0 Å². The van der Waals surface area contributed by atoms with Gasteiger partial charge in [0.25, 0.3) is 0 Å². The van der Waals surface area contributed by atoms with Crippen LogP contribution >= 0.6 is 11.3 Å². The molecule has 2 amide bonds. The van der Waals surface area contributed by atoms with Crippen molar-refractivity contribution in [3.8, 4) is 0 Å². The molecule has 126 valence electrons. The summed E-state index contributed by atoms with van der Waals surface area (Å²) in [4.78, 5) is 27.1. The highest BCUT2D eigenvalue weighted by Gasteiger charge is 2.41. The summed E-state index contributed by atoms with van der Waals surface area (Å²) < 4.78 is 4.90. The highest BCUT2D eigenvalue weighted by Crippen LogP contribution is 2.41. The van der Waals surface area contributed by atoms with E-state index in [4.69, 9.17) is 4.74 Å². The van der Waals surface area contributed by atoms with E-state index in [0.717, 1.165) is 32.1 Å². The molecule has 1 aromatic heterocycles. The van der Waals surface area contributed by atoms with Crippen molar-refractivity contribution in [2.24, 2.45) is 0 Å². The maximum Gasteiger partial charge on any atom is 0.409 e. The summed E-state index contributed by atoms with van der Waals surface area (Å²) >= 11 is 1.69. The Balaban J connectivity index is 1.53. The number of ether oxygens (including phenoxy) is 1. The number of hydrogen-bond donors (Lipinski definition) is 1. The number of nitrogens with one attached hydrogen (secondary N) is 1. The average Bonchev–Trinajstić information content (AvgIpc) is 3.24. The van der Waals surface area contributed by atoms with Crippen LogP contribution in [-0.4, -0.2) is 43.1 Å². The van der Waals surface area contributed by atoms with E-state index in [9.17, 15) is 9.59 Å². The first kappa shape index (κ1) is 16.3. The topological polar surface area (TPSA) is 58.6 Å². The van der Waals surface area contributed by atoms with E-state index in [0.29, 0.717) is 26.2 Å². The molecule has 23 heavy (non-hydrogen) atoms. The number of carbonyl (C=O) groups is 2. The van der Waals surface area contributed by atoms with Gasteiger partial charge in [0.15, 0.2) is 0 Å². The number of nitrogens with zero attached hydrogens (tertiary/aromatic N) is 1. The summed E-state index contributed by atoms with van der Waals surface area (Å²) in [6, 6.07) is 4.12. The summed E-state index contributed by atoms with van der Waals surface area (Å²) in [7, 11) is 0. The normalized spacial score (nSPS) is 20.3. The molecule has 0 atom stereocenters. The molecular weight excluding hydrogens is 312 g/mol. The van der Waals surface area contributed by atoms with Gasteiger partial charge in [-0.05, 0) is 30.7 Å². The predicted molar refractivity (Wildman–Crippen MR) is 89.6 cm³/mol. The molecule has 0 radical (unpaired) electrons. The van der Waals surface area contributed by atoms with Crippen LogP contribution in [0.25, 0.3) is 0 Å². The molecule has 2 aliphatic rings. The Morgan fingerprint density at radius 2 is 2.17 bits per heavy atom. The summed E-state index contributed by atoms with van der Waals surface area (Å²) in [6.07, 6.45) is 5.86. The molecule has 6 heteroatoms. The van der Waals surface area contributed by atoms with E-state index in [1.54, 1.807) is 16.2 Å². The second kappa shape index (κ2) is 7.34. The van der Waals surface area contributed by atoms with Crippen LogP contribution in [0.5, 0.6) is 0 Å². The first-order chi connectivity index (χ1) is 11.2. The number of amides is 2. The fourth-order valence-corrected chi connectivity index (χ4v) is 4.54. The van der Waals surface area contributed by atoms with E-state index in [-0.39, 0.29) is 17.4 Å². The van der Waals surface area contributed by atoms with Gasteiger partial charge in [-0.25, -0.2) is 4.79 Å². The summed E-state index contributed by atoms with van der Waals surface area (Å²) in [6.45, 7) is 2.39. The number of cyclic esters (lactones) is 1. The van der Waals surface area contributed by atoms with Gasteiger partial charge in [-0.1, -0.05) is 25.3 Å². The molecule has 1 saturated carbocycles. The Kier molecular flexibility index (Phi) is 5.20. The lowest BCUT2D eigenvalue weighted by Crippen LogP contribution is -2.46. The van der Waals surface area contributed by atoms with Crippen molar-refractivity contribution >= 4 is 23.3 Å². The van der Waals surface area contributed by atoms with E-state index in [2.05, 4.69) is 16.8 Å². The molecule has 2 heterocycles. The molecule has 3 rings (SSSR count). The van der Waals surface area contributed by atoms with Crippen LogP contribution < -0.4 is 5.32 Å². The molecule has 0 bridgehead atoms. The minimum Gasteiger partial charge on any atom is -0.448 e. The van der Waals surface area contributed by atoms with Crippen LogP contribution in [0.3, 0.4) is 0 Å². The van der Waals surface area contributed by atoms with E-state index in [1.807, 2.05) is 6.07 Å². The summed E-state index contributed by atoms with van der Waals surface area (Å²) in [5.41, 5.74) is -0.334. The van der Waals surface area contributed by atoms with Crippen molar-refractivity contribution in [2.75, 3.05) is 26.2 Å². The standard InChI is InChI=1S/C17H24N2O3S/c20-15(18-9-5-10-19-11-12-22-16(19)21)17(7-2-1-3-8-17)14-6-4-13-23-14/h4,6,13H,1-3,5,7-12H2,(H,18,20). The van der Waals surface area contributed by atoms with E-state index in [1.165, 1.54) is 11.3 Å². The fraction of sp³-hybridized carbons (Fsp3) is 0.647. The van der Waals surface area contributed by atoms with Crippen molar-refractivity contribution in [1.29, 1.82) is 0 Å². The lowest BCUT2D eigenvalue weighted by Gasteiger charge is -2.35. The van der Waals surface area contributed by atoms with Crippen LogP contribution in [0.15, 0.2) is 17.5 Å². The van der Waals surface area contributed by atoms with Crippen molar-refractivity contribution in [3.63, 3.8) is 0 Å². The molecule has 2 fully saturated rings. The minimum atomic E-state index is -0.334. The van der Waals surface area contributed by atoms with Crippen LogP contribution in [-0.2, 0) is 14.9 Å². The zero-order chi connectivity index (χ0) is 16.1. The van der Waals surface area contributed by atoms with Crippen LogP contribution in [0.4, 0.5) is 4.79 Å². The van der Waals surface area contributed by atoms with Gasteiger partial charge in [-0.2, -0.15) is 0 Å². The molecular formula is C17H24N2O3S. The third-order valence-electron chi connectivity index (χ3n) is 4.87. The maximum absolute atomic E-state index is 12.9. The smallest absolute Gasteiger partial charge is 0.409 e. The highest BCUT2D eigenvalue weighted by molar-refractivity contribution is 7.10. The molecule has 0 aromatic carbocycles. The van der Waals surface area contributed by atoms with Crippen molar-refractivity contribution in [3.05, 3.63) is 22.4 Å². The Hall–Kier alpha value is -1.56. The largest absolute Gasteiger partial charge is 0.448 e. The van der Waals surface area contributed by atoms with Gasteiger partial charge in [0.2, 0.25) is 5.91 Å². The molecule has 1 N–H and O–H groups in total. The minimum absolute atomic E-state index is 0.156. The van der Waals surface area contributed by atoms with Gasteiger partial charge in [0.05, 0.1) is 12.0 Å². The van der Waals surface area contributed by atoms with Crippen molar-refractivity contribution in [1.82, 2.24) is 10.2 Å². The number of rotatable bonds is 6. The molecule has 1 aromatic rings. The van der Waals surface area contributed by atoms with Gasteiger partial charge in [0, 0.05) is 18.0 Å². The highest BCUT2D eigenvalue weighted by atomic mass is 32.1. The lowest BCUT2D eigenvalue weighted by molar-refractivity contribution is -0.127. The van der Waals surface area contributed by atoms with E-state index >= 15 is 0 Å². The van der Waals surface area contributed by atoms with Crippen LogP contribution in [0, 0.1) is 0 Å². The predicted octanol–water partition coefficient (Wildman–Crippen LogP) is 2.91. The zero-order valence-corrected chi connectivity index (χ0v) is 14.2. The SMILES string of the molecule is O=C1OCCN1CCCNC(=O)C1(c2cccs2)CCCCC1. The first-order valence-electron chi connectivity index (χ1n) is 8.46. The molecule has 0 spiro atoms. The molecule has 0 unspecified atom stereocenters. The number of hydrogen-bond acceptors (Lipinski definition) is 4. The summed E-state index contributed by atoms with van der Waals surface area (Å²) in [5, 5.41) is 5.16. The van der Waals surface area contributed by atoms with Crippen LogP contribution in [0.1, 0.15) is 43.4 Å². The fourth-order valence-electron chi connectivity index (χ4n) is 3.56. The van der Waals surface area contributed by atoms with E-state index < -0.39 is 0 Å². The Labute approximate surface area is 141 Å². The molecule has 5 nitrogen and oxygen atoms in total. The van der Waals surface area contributed by atoms with Gasteiger partial charge in [0.1, 0.15) is 6.61 Å². The molecule has 1 saturated heterocycles. The van der Waals surface area contributed by atoms with Gasteiger partial charge >= 0.3 is 6.09 Å². The molecule has 1 aliphatic carbocycles. The number of thiophene rings is 1. The zero-order valence-electron chi connectivity index (χ0n) is 13.4. The second-order valence-electron chi connectivity index (χ2n) is 6.33. The first-order valence-corrected chi connectivity index (χ1v) is 9.34. The lowest BCUT2D eigenvalue weighted by atomic mass is 9.72. The van der Waals surface area contributed by atoms with Crippen LogP contribution in [0.2, 0.25) is 0 Å². The Bertz CT molecular complexity index is 538. The second-order valence-corrected chi connectivity index (χ2v) is 7.28. The third kappa shape index (κ3) is 3.52. The summed E-state index contributed by atoms with van der Waals surface area (Å²) in [5.74, 6) is 0.156. The van der Waals surface area contributed by atoms with Gasteiger partial charge in [-0.3, -0.25) is 4.79 Å². The van der Waals surface area contributed by atoms with Crippen molar-refractivity contribution in [2.45, 2.75) is 43.9 Å². The quantitative estimate of drug-likeness (QED) is 0.813. The average molecular weight is 336 g/mol. The van der Waals surface area contributed by atoms with Gasteiger partial charge in [-0.15, -0.1) is 11.3 Å². The Morgan fingerprint density at radius 3 is 2.83 bits per heavy atom. The maximum atomic E-state index is 12.9. The monoisotopic (exact) mass is 336 g/mol.